The molecule has 0 aliphatic carbocycles. The fraction of sp³-hybridized carbons (Fsp3) is 0.267. The molecule has 0 saturated carbocycles. The van der Waals surface area contributed by atoms with E-state index in [2.05, 4.69) is 10.3 Å². The summed E-state index contributed by atoms with van der Waals surface area (Å²) in [6.07, 6.45) is 1.66. The number of thioether (sulfide) groups is 1. The molecule has 0 spiro atoms. The van der Waals surface area contributed by atoms with Crippen LogP contribution in [0.1, 0.15) is 48.5 Å². The van der Waals surface area contributed by atoms with E-state index in [9.17, 15) is 14.0 Å². The molecule has 10 heteroatoms. The predicted molar refractivity (Wildman–Crippen MR) is 156 cm³/mol. The second kappa shape index (κ2) is 11.4. The summed E-state index contributed by atoms with van der Waals surface area (Å²) >= 11 is 7.76. The molecule has 5 rings (SSSR count). The number of nitrogens with zero attached hydrogens (tertiary/aromatic N) is 4. The number of fused-ring (bicyclic) bond motifs is 1. The van der Waals surface area contributed by atoms with Gasteiger partial charge in [0.2, 0.25) is 11.8 Å². The lowest BCUT2D eigenvalue weighted by atomic mass is 9.87. The van der Waals surface area contributed by atoms with Gasteiger partial charge in [-0.2, -0.15) is 5.10 Å². The first kappa shape index (κ1) is 27.9. The van der Waals surface area contributed by atoms with Crippen LogP contribution in [-0.2, 0) is 21.5 Å². The van der Waals surface area contributed by atoms with E-state index < -0.39 is 10.7 Å². The molecule has 40 heavy (non-hydrogen) atoms. The lowest BCUT2D eigenvalue weighted by Crippen LogP contribution is -2.42. The highest BCUT2D eigenvalue weighted by molar-refractivity contribution is 8.00. The topological polar surface area (TPSA) is 80.1 Å². The summed E-state index contributed by atoms with van der Waals surface area (Å²) in [5.41, 5.74) is 3.16. The van der Waals surface area contributed by atoms with E-state index >= 15 is 0 Å². The Kier molecular flexibility index (Phi) is 7.96. The van der Waals surface area contributed by atoms with E-state index in [4.69, 9.17) is 16.7 Å². The molecule has 2 aromatic carbocycles. The number of rotatable bonds is 6. The third kappa shape index (κ3) is 5.90. The van der Waals surface area contributed by atoms with Gasteiger partial charge >= 0.3 is 0 Å². The number of nitrogens with one attached hydrogen (secondary N) is 1. The molecule has 0 radical (unpaired) electrons. The second-order valence-electron chi connectivity index (χ2n) is 10.6. The zero-order valence-electron chi connectivity index (χ0n) is 22.4. The Morgan fingerprint density at radius 2 is 1.93 bits per heavy atom. The van der Waals surface area contributed by atoms with E-state index in [-0.39, 0.29) is 36.5 Å². The van der Waals surface area contributed by atoms with E-state index in [1.807, 2.05) is 51.1 Å². The van der Waals surface area contributed by atoms with Gasteiger partial charge in [-0.15, -0.1) is 11.8 Å². The quantitative estimate of drug-likeness (QED) is 0.311. The zero-order chi connectivity index (χ0) is 28.4. The molecule has 0 bridgehead atoms. The number of amides is 2. The first-order valence-electron chi connectivity index (χ1n) is 12.8. The van der Waals surface area contributed by atoms with Crippen molar-refractivity contribution in [3.05, 3.63) is 106 Å². The van der Waals surface area contributed by atoms with Crippen LogP contribution in [-0.4, -0.2) is 38.9 Å². The summed E-state index contributed by atoms with van der Waals surface area (Å²) in [6.45, 7) is 6.15. The van der Waals surface area contributed by atoms with Crippen molar-refractivity contribution in [2.45, 2.75) is 38.0 Å². The van der Waals surface area contributed by atoms with Gasteiger partial charge < -0.3 is 5.32 Å². The van der Waals surface area contributed by atoms with E-state index in [0.717, 1.165) is 16.8 Å². The number of benzene rings is 2. The van der Waals surface area contributed by atoms with Crippen molar-refractivity contribution >= 4 is 41.0 Å². The number of aromatic nitrogens is 3. The van der Waals surface area contributed by atoms with Crippen LogP contribution < -0.4 is 10.2 Å². The van der Waals surface area contributed by atoms with E-state index in [1.165, 1.54) is 28.8 Å². The summed E-state index contributed by atoms with van der Waals surface area (Å²) in [4.78, 5) is 32.7. The van der Waals surface area contributed by atoms with Crippen LogP contribution in [0.25, 0.3) is 5.69 Å². The van der Waals surface area contributed by atoms with E-state index in [1.54, 1.807) is 35.1 Å². The van der Waals surface area contributed by atoms with Crippen LogP contribution in [0.4, 0.5) is 10.2 Å². The molecule has 0 saturated heterocycles. The van der Waals surface area contributed by atoms with Crippen LogP contribution >= 0.6 is 23.4 Å². The molecule has 1 aliphatic heterocycles. The largest absolute Gasteiger partial charge is 0.349 e. The Morgan fingerprint density at radius 3 is 2.62 bits per heavy atom. The minimum atomic E-state index is -0.430. The average Bonchev–Trinajstić information content (AvgIpc) is 3.26. The lowest BCUT2D eigenvalue weighted by molar-refractivity contribution is -0.123. The van der Waals surface area contributed by atoms with Gasteiger partial charge in [-0.1, -0.05) is 56.6 Å². The summed E-state index contributed by atoms with van der Waals surface area (Å²) in [5.74, 6) is -0.371. The highest BCUT2D eigenvalue weighted by Crippen LogP contribution is 2.48. The fourth-order valence-electron chi connectivity index (χ4n) is 4.69. The van der Waals surface area contributed by atoms with Crippen LogP contribution in [0, 0.1) is 5.82 Å². The molecule has 0 fully saturated rings. The maximum atomic E-state index is 14.4. The van der Waals surface area contributed by atoms with Crippen molar-refractivity contribution in [2.24, 2.45) is 0 Å². The molecule has 4 aromatic rings. The molecule has 1 unspecified atom stereocenters. The van der Waals surface area contributed by atoms with Crippen molar-refractivity contribution < 1.29 is 14.0 Å². The SMILES string of the molecule is CC(C)(C)c1nn(-c2cccc(Cl)c2)c2c1C(c1cccc(F)c1)SCC(=O)N2CC(=O)NCc1ccccn1. The van der Waals surface area contributed by atoms with Crippen LogP contribution in [0.3, 0.4) is 0 Å². The highest BCUT2D eigenvalue weighted by atomic mass is 35.5. The number of pyridine rings is 1. The van der Waals surface area contributed by atoms with Gasteiger partial charge in [-0.3, -0.25) is 19.5 Å². The Morgan fingerprint density at radius 1 is 1.12 bits per heavy atom. The lowest BCUT2D eigenvalue weighted by Gasteiger charge is -2.24. The Hall–Kier alpha value is -3.69. The Balaban J connectivity index is 1.66. The van der Waals surface area contributed by atoms with Gasteiger partial charge in [-0.25, -0.2) is 9.07 Å². The van der Waals surface area contributed by atoms with Crippen molar-refractivity contribution in [3.8, 4) is 5.69 Å². The molecule has 7 nitrogen and oxygen atoms in total. The number of anilines is 1. The Bertz CT molecular complexity index is 1550. The first-order chi connectivity index (χ1) is 19.1. The number of carbonyl (C=O) groups is 2. The number of carbonyl (C=O) groups excluding carboxylic acids is 2. The molecule has 206 valence electrons. The smallest absolute Gasteiger partial charge is 0.240 e. The molecular weight excluding hydrogens is 549 g/mol. The minimum absolute atomic E-state index is 0.0997. The molecule has 1 atom stereocenters. The fourth-order valence-corrected chi connectivity index (χ4v) is 6.06. The molecule has 2 aromatic heterocycles. The number of hydrogen-bond donors (Lipinski definition) is 1. The maximum Gasteiger partial charge on any atom is 0.240 e. The third-order valence-corrected chi connectivity index (χ3v) is 7.99. The summed E-state index contributed by atoms with van der Waals surface area (Å²) in [6, 6.07) is 19.1. The standard InChI is InChI=1S/C30H29ClFN5O2S/c1-30(2,3)28-26-27(19-8-6-10-21(32)14-19)40-18-25(39)36(17-24(38)34-16-22-11-4-5-13-33-22)29(26)37(35-28)23-12-7-9-20(31)15-23/h4-15,27H,16-18H2,1-3H3,(H,34,38). The predicted octanol–water partition coefficient (Wildman–Crippen LogP) is 5.84. The summed E-state index contributed by atoms with van der Waals surface area (Å²) < 4.78 is 16.1. The molecule has 2 amide bonds. The van der Waals surface area contributed by atoms with Gasteiger partial charge in [-0.05, 0) is 48.0 Å². The molecule has 1 N–H and O–H groups in total. The minimum Gasteiger partial charge on any atom is -0.349 e. The van der Waals surface area contributed by atoms with Crippen molar-refractivity contribution in [3.63, 3.8) is 0 Å². The van der Waals surface area contributed by atoms with Crippen molar-refractivity contribution in [2.75, 3.05) is 17.2 Å². The number of hydrogen-bond acceptors (Lipinski definition) is 5. The summed E-state index contributed by atoms with van der Waals surface area (Å²) in [5, 5.41) is 8.01. The average molecular weight is 578 g/mol. The molecule has 3 heterocycles. The third-order valence-electron chi connectivity index (χ3n) is 6.50. The summed E-state index contributed by atoms with van der Waals surface area (Å²) in [7, 11) is 0. The molecular formula is C30H29ClFN5O2S. The van der Waals surface area contributed by atoms with Crippen LogP contribution in [0.15, 0.2) is 72.9 Å². The van der Waals surface area contributed by atoms with Gasteiger partial charge in [0.05, 0.1) is 34.6 Å². The van der Waals surface area contributed by atoms with Gasteiger partial charge in [0, 0.05) is 22.2 Å². The highest BCUT2D eigenvalue weighted by Gasteiger charge is 2.40. The van der Waals surface area contributed by atoms with Gasteiger partial charge in [0.1, 0.15) is 18.2 Å². The first-order valence-corrected chi connectivity index (χ1v) is 14.3. The normalized spacial score (nSPS) is 15.5. The van der Waals surface area contributed by atoms with Crippen LogP contribution in [0.2, 0.25) is 5.02 Å². The molecule has 1 aliphatic rings. The van der Waals surface area contributed by atoms with Crippen LogP contribution in [0.5, 0.6) is 0 Å². The van der Waals surface area contributed by atoms with Crippen molar-refractivity contribution in [1.82, 2.24) is 20.1 Å². The van der Waals surface area contributed by atoms with Gasteiger partial charge in [0.15, 0.2) is 0 Å². The van der Waals surface area contributed by atoms with Crippen molar-refractivity contribution in [1.29, 1.82) is 0 Å². The van der Waals surface area contributed by atoms with E-state index in [0.29, 0.717) is 22.2 Å². The number of halogens is 2. The second-order valence-corrected chi connectivity index (χ2v) is 12.1. The van der Waals surface area contributed by atoms with Gasteiger partial charge in [0.25, 0.3) is 0 Å². The monoisotopic (exact) mass is 577 g/mol. The Labute approximate surface area is 241 Å². The maximum absolute atomic E-state index is 14.4. The zero-order valence-corrected chi connectivity index (χ0v) is 24.0.